The highest BCUT2D eigenvalue weighted by atomic mass is 16.5. The van der Waals surface area contributed by atoms with E-state index in [9.17, 15) is 4.79 Å². The van der Waals surface area contributed by atoms with Crippen molar-refractivity contribution in [2.24, 2.45) is 7.05 Å². The van der Waals surface area contributed by atoms with Crippen molar-refractivity contribution < 1.29 is 9.53 Å². The molecule has 4 rings (SSSR count). The molecule has 1 saturated heterocycles. The third-order valence-electron chi connectivity index (χ3n) is 5.12. The molecule has 1 fully saturated rings. The zero-order chi connectivity index (χ0) is 18.8. The highest BCUT2D eigenvalue weighted by molar-refractivity contribution is 5.75. The van der Waals surface area contributed by atoms with Crippen LogP contribution in [0.3, 0.4) is 0 Å². The number of nitrogens with one attached hydrogen (secondary N) is 1. The Kier molecular flexibility index (Phi) is 4.90. The van der Waals surface area contributed by atoms with Gasteiger partial charge in [0.2, 0.25) is 5.91 Å². The molecule has 3 aromatic rings. The van der Waals surface area contributed by atoms with Gasteiger partial charge in [-0.1, -0.05) is 41.6 Å². The van der Waals surface area contributed by atoms with Gasteiger partial charge < -0.3 is 10.1 Å². The molecule has 27 heavy (non-hydrogen) atoms. The number of hydrogen-bond acceptors (Lipinski definition) is 4. The van der Waals surface area contributed by atoms with Crippen LogP contribution in [0.15, 0.2) is 48.5 Å². The Hall–Kier alpha value is -2.73. The summed E-state index contributed by atoms with van der Waals surface area (Å²) >= 11 is 0. The number of ether oxygens (including phenoxy) is 1. The van der Waals surface area contributed by atoms with E-state index in [2.05, 4.69) is 33.8 Å². The fourth-order valence-electron chi connectivity index (χ4n) is 3.90. The van der Waals surface area contributed by atoms with Crippen LogP contribution >= 0.6 is 0 Å². The number of fused-ring (bicyclic) bond motifs is 1. The lowest BCUT2D eigenvalue weighted by molar-refractivity contribution is -0.122. The maximum absolute atomic E-state index is 11.6. The van der Waals surface area contributed by atoms with Crippen LogP contribution in [0, 0.1) is 0 Å². The first-order valence-corrected chi connectivity index (χ1v) is 9.34. The monoisotopic (exact) mass is 364 g/mol. The van der Waals surface area contributed by atoms with Crippen LogP contribution in [0.4, 0.5) is 0 Å². The lowest BCUT2D eigenvalue weighted by Gasteiger charge is -2.36. The Morgan fingerprint density at radius 3 is 2.81 bits per heavy atom. The van der Waals surface area contributed by atoms with Gasteiger partial charge in [-0.25, -0.2) is 4.68 Å². The molecule has 1 aliphatic rings. The second-order valence-electron chi connectivity index (χ2n) is 7.27. The van der Waals surface area contributed by atoms with E-state index in [0.29, 0.717) is 0 Å². The van der Waals surface area contributed by atoms with Crippen LogP contribution < -0.4 is 5.32 Å². The lowest BCUT2D eigenvalue weighted by atomic mass is 9.91. The summed E-state index contributed by atoms with van der Waals surface area (Å²) in [6.07, 6.45) is 2.40. The number of benzene rings is 2. The topological polar surface area (TPSA) is 69.0 Å². The summed E-state index contributed by atoms with van der Waals surface area (Å²) in [4.78, 5) is 11.6. The fourth-order valence-corrected chi connectivity index (χ4v) is 3.90. The summed E-state index contributed by atoms with van der Waals surface area (Å²) in [7, 11) is 1.88. The summed E-state index contributed by atoms with van der Waals surface area (Å²) in [5.41, 5.74) is 4.18. The molecule has 1 N–H and O–H groups in total. The van der Waals surface area contributed by atoms with Gasteiger partial charge in [-0.05, 0) is 42.5 Å². The Morgan fingerprint density at radius 2 is 2.04 bits per heavy atom. The van der Waals surface area contributed by atoms with Crippen molar-refractivity contribution >= 4 is 16.9 Å². The van der Waals surface area contributed by atoms with Gasteiger partial charge >= 0.3 is 0 Å². The van der Waals surface area contributed by atoms with E-state index in [0.717, 1.165) is 35.9 Å². The first-order valence-electron chi connectivity index (χ1n) is 9.34. The molecule has 0 unspecified atom stereocenters. The molecular weight excluding hydrogens is 340 g/mol. The molecule has 1 aliphatic heterocycles. The average Bonchev–Trinajstić information content (AvgIpc) is 3.02. The van der Waals surface area contributed by atoms with Gasteiger partial charge in [-0.15, -0.1) is 5.10 Å². The van der Waals surface area contributed by atoms with Gasteiger partial charge in [0.1, 0.15) is 5.52 Å². The highest BCUT2D eigenvalue weighted by Gasteiger charge is 2.31. The third kappa shape index (κ3) is 4.01. The second kappa shape index (κ2) is 7.48. The molecule has 0 radical (unpaired) electrons. The van der Waals surface area contributed by atoms with E-state index < -0.39 is 0 Å². The van der Waals surface area contributed by atoms with E-state index in [1.54, 1.807) is 11.6 Å². The molecule has 0 aliphatic carbocycles. The predicted molar refractivity (Wildman–Crippen MR) is 103 cm³/mol. The summed E-state index contributed by atoms with van der Waals surface area (Å²) in [6, 6.07) is 16.6. The molecule has 3 atom stereocenters. The normalized spacial score (nSPS) is 22.7. The van der Waals surface area contributed by atoms with E-state index in [1.165, 1.54) is 5.56 Å². The van der Waals surface area contributed by atoms with E-state index in [1.807, 2.05) is 37.4 Å². The van der Waals surface area contributed by atoms with Gasteiger partial charge in [-0.3, -0.25) is 4.79 Å². The third-order valence-corrected chi connectivity index (χ3v) is 5.12. The highest BCUT2D eigenvalue weighted by Crippen LogP contribution is 2.34. The van der Waals surface area contributed by atoms with Crippen molar-refractivity contribution in [2.75, 3.05) is 0 Å². The SMILES string of the molecule is CC(=O)N[C@H]1C[C@@H](Cc2ccccc2)O[C@@H](c2ccc3c(c2)nnn3C)C1. The Balaban J connectivity index is 1.58. The van der Waals surface area contributed by atoms with Crippen molar-refractivity contribution in [3.05, 3.63) is 59.7 Å². The average molecular weight is 364 g/mol. The maximum atomic E-state index is 11.6. The molecule has 0 bridgehead atoms. The molecule has 6 heteroatoms. The zero-order valence-electron chi connectivity index (χ0n) is 15.6. The first kappa shape index (κ1) is 17.7. The Labute approximate surface area is 158 Å². The van der Waals surface area contributed by atoms with Crippen molar-refractivity contribution in [1.29, 1.82) is 0 Å². The van der Waals surface area contributed by atoms with Crippen molar-refractivity contribution in [3.63, 3.8) is 0 Å². The van der Waals surface area contributed by atoms with Gasteiger partial charge in [0, 0.05) is 20.0 Å². The molecule has 0 saturated carbocycles. The minimum absolute atomic E-state index is 0.00323. The van der Waals surface area contributed by atoms with E-state index in [-0.39, 0.29) is 24.2 Å². The van der Waals surface area contributed by atoms with Crippen molar-refractivity contribution in [3.8, 4) is 0 Å². The zero-order valence-corrected chi connectivity index (χ0v) is 15.6. The van der Waals surface area contributed by atoms with Gasteiger partial charge in [0.25, 0.3) is 0 Å². The van der Waals surface area contributed by atoms with Gasteiger partial charge in [-0.2, -0.15) is 0 Å². The van der Waals surface area contributed by atoms with Crippen LogP contribution in [-0.2, 0) is 23.0 Å². The van der Waals surface area contributed by atoms with Crippen LogP contribution in [0.2, 0.25) is 0 Å². The predicted octanol–water partition coefficient (Wildman–Crippen LogP) is 2.94. The van der Waals surface area contributed by atoms with E-state index >= 15 is 0 Å². The lowest BCUT2D eigenvalue weighted by Crippen LogP contribution is -2.42. The smallest absolute Gasteiger partial charge is 0.217 e. The molecule has 1 amide bonds. The number of amides is 1. The minimum atomic E-state index is -0.0734. The first-order chi connectivity index (χ1) is 13.1. The van der Waals surface area contributed by atoms with E-state index in [4.69, 9.17) is 4.74 Å². The van der Waals surface area contributed by atoms with Crippen LogP contribution in [-0.4, -0.2) is 33.0 Å². The van der Waals surface area contributed by atoms with Crippen molar-refractivity contribution in [1.82, 2.24) is 20.3 Å². The summed E-state index contributed by atoms with van der Waals surface area (Å²) in [6.45, 7) is 1.57. The van der Waals surface area contributed by atoms with Crippen LogP contribution in [0.1, 0.15) is 37.0 Å². The molecular formula is C21H24N4O2. The molecule has 0 spiro atoms. The van der Waals surface area contributed by atoms with Crippen LogP contribution in [0.25, 0.3) is 11.0 Å². The molecule has 1 aromatic heterocycles. The number of carbonyl (C=O) groups is 1. The standard InChI is InChI=1S/C21H24N4O2/c1-14(26)22-17-12-18(10-15-6-4-3-5-7-15)27-21(13-17)16-8-9-20-19(11-16)23-24-25(20)2/h3-9,11,17-18,21H,10,12-13H2,1-2H3,(H,22,26)/t17-,18+,21+/m0/s1. The number of aromatic nitrogens is 3. The summed E-state index contributed by atoms with van der Waals surface area (Å²) in [5, 5.41) is 11.4. The second-order valence-corrected chi connectivity index (χ2v) is 7.27. The van der Waals surface area contributed by atoms with Gasteiger partial charge in [0.05, 0.1) is 17.7 Å². The number of aryl methyl sites for hydroxylation is 1. The number of carbonyl (C=O) groups excluding carboxylic acids is 1. The van der Waals surface area contributed by atoms with Crippen LogP contribution in [0.5, 0.6) is 0 Å². The summed E-state index contributed by atoms with van der Waals surface area (Å²) < 4.78 is 8.20. The molecule has 2 heterocycles. The molecule has 140 valence electrons. The molecule has 2 aromatic carbocycles. The molecule has 6 nitrogen and oxygen atoms in total. The van der Waals surface area contributed by atoms with Gasteiger partial charge in [0.15, 0.2) is 0 Å². The minimum Gasteiger partial charge on any atom is -0.370 e. The number of nitrogens with zero attached hydrogens (tertiary/aromatic N) is 3. The summed E-state index contributed by atoms with van der Waals surface area (Å²) in [5.74, 6) is 0.00323. The number of rotatable bonds is 4. The Morgan fingerprint density at radius 1 is 1.22 bits per heavy atom. The maximum Gasteiger partial charge on any atom is 0.217 e. The fraction of sp³-hybridized carbons (Fsp3) is 0.381. The quantitative estimate of drug-likeness (QED) is 0.773. The largest absolute Gasteiger partial charge is 0.370 e. The Bertz CT molecular complexity index is 938. The number of hydrogen-bond donors (Lipinski definition) is 1. The van der Waals surface area contributed by atoms with Crippen molar-refractivity contribution in [2.45, 2.75) is 44.4 Å².